The molecule has 2 aromatic rings. The number of halogens is 3. The Balaban J connectivity index is 1.88. The van der Waals surface area contributed by atoms with Gasteiger partial charge in [-0.05, 0) is 73.0 Å². The van der Waals surface area contributed by atoms with E-state index in [4.69, 9.17) is 11.6 Å². The van der Waals surface area contributed by atoms with E-state index in [1.54, 1.807) is 6.07 Å². The number of carbonyl (C=O) groups excluding carboxylic acids is 1. The van der Waals surface area contributed by atoms with Gasteiger partial charge in [0.2, 0.25) is 0 Å². The van der Waals surface area contributed by atoms with Gasteiger partial charge in [-0.15, -0.1) is 0 Å². The number of nitrogens with one attached hydrogen (secondary N) is 1. The van der Waals surface area contributed by atoms with Gasteiger partial charge >= 0.3 is 0 Å². The Kier molecular flexibility index (Phi) is 7.18. The molecule has 2 N–H and O–H groups in total. The maximum atomic E-state index is 12.4. The van der Waals surface area contributed by atoms with E-state index in [1.807, 2.05) is 12.1 Å². The van der Waals surface area contributed by atoms with Gasteiger partial charge < -0.3 is 10.0 Å². The van der Waals surface area contributed by atoms with Crippen molar-refractivity contribution < 1.29 is 9.90 Å². The first kappa shape index (κ1) is 23.8. The number of rotatable bonds is 5. The van der Waals surface area contributed by atoms with Crippen molar-refractivity contribution in [3.05, 3.63) is 61.0 Å². The van der Waals surface area contributed by atoms with Crippen molar-refractivity contribution in [3.63, 3.8) is 0 Å². The molecule has 3 rings (SSSR count). The molecule has 0 spiro atoms. The third-order valence-corrected chi connectivity index (χ3v) is 6.58. The zero-order valence-corrected chi connectivity index (χ0v) is 21.7. The largest absolute Gasteiger partial charge is 0.506 e. The Morgan fingerprint density at radius 1 is 1.29 bits per heavy atom. The van der Waals surface area contributed by atoms with E-state index < -0.39 is 5.91 Å². The Morgan fingerprint density at radius 2 is 2.00 bits per heavy atom. The summed E-state index contributed by atoms with van der Waals surface area (Å²) in [7, 11) is 0. The van der Waals surface area contributed by atoms with Gasteiger partial charge in [-0.3, -0.25) is 4.79 Å². The van der Waals surface area contributed by atoms with Crippen LogP contribution in [0, 0.1) is 0 Å². The highest BCUT2D eigenvalue weighted by atomic mass is 79.9. The third-order valence-electron chi connectivity index (χ3n) is 5.19. The highest BCUT2D eigenvalue weighted by Gasteiger charge is 2.31. The van der Waals surface area contributed by atoms with Crippen LogP contribution >= 0.6 is 43.5 Å². The van der Waals surface area contributed by atoms with Gasteiger partial charge in [-0.2, -0.15) is 5.10 Å². The zero-order chi connectivity index (χ0) is 22.9. The molecule has 164 valence electrons. The van der Waals surface area contributed by atoms with Crippen molar-refractivity contribution in [1.29, 1.82) is 0 Å². The molecule has 0 radical (unpaired) electrons. The summed E-state index contributed by atoms with van der Waals surface area (Å²) < 4.78 is 1.07. The van der Waals surface area contributed by atoms with Crippen LogP contribution in [0.4, 0.5) is 5.69 Å². The van der Waals surface area contributed by atoms with Crippen molar-refractivity contribution in [2.75, 3.05) is 11.4 Å². The molecule has 5 nitrogen and oxygen atoms in total. The smallest absolute Gasteiger partial charge is 0.275 e. The van der Waals surface area contributed by atoms with Crippen LogP contribution in [0.1, 0.15) is 55.6 Å². The minimum Gasteiger partial charge on any atom is -0.506 e. The summed E-state index contributed by atoms with van der Waals surface area (Å²) in [5.74, 6) is -0.682. The van der Waals surface area contributed by atoms with Crippen molar-refractivity contribution in [2.45, 2.75) is 39.7 Å². The molecule has 0 atom stereocenters. The van der Waals surface area contributed by atoms with Crippen LogP contribution < -0.4 is 10.3 Å². The Hall–Kier alpha value is -1.83. The SMILES string of the molecule is CCCN1c2cc(Cl)c(/C=N\NC(=O)c3cc(Br)cc(Br)c3O)cc2C(C)=CC1(C)C. The molecule has 1 aliphatic heterocycles. The predicted octanol–water partition coefficient (Wildman–Crippen LogP) is 6.75. The molecule has 0 fully saturated rings. The van der Waals surface area contributed by atoms with Crippen molar-refractivity contribution in [3.8, 4) is 5.75 Å². The van der Waals surface area contributed by atoms with Crippen LogP contribution in [0.3, 0.4) is 0 Å². The fraction of sp³-hybridized carbons (Fsp3) is 0.304. The molecule has 1 heterocycles. The van der Waals surface area contributed by atoms with Crippen LogP contribution in [-0.4, -0.2) is 29.3 Å². The fourth-order valence-electron chi connectivity index (χ4n) is 3.81. The van der Waals surface area contributed by atoms with Crippen molar-refractivity contribution >= 4 is 66.8 Å². The zero-order valence-electron chi connectivity index (χ0n) is 17.8. The van der Waals surface area contributed by atoms with Crippen molar-refractivity contribution in [2.24, 2.45) is 5.10 Å². The molecule has 1 amide bonds. The second-order valence-electron chi connectivity index (χ2n) is 8.01. The van der Waals surface area contributed by atoms with Gasteiger partial charge in [0.25, 0.3) is 5.91 Å². The minimum atomic E-state index is -0.531. The number of allylic oxidation sites excluding steroid dienone is 1. The minimum absolute atomic E-state index is 0.0970. The van der Waals surface area contributed by atoms with Crippen molar-refractivity contribution in [1.82, 2.24) is 5.43 Å². The van der Waals surface area contributed by atoms with E-state index in [2.05, 4.69) is 81.1 Å². The van der Waals surface area contributed by atoms with E-state index in [0.717, 1.165) is 24.2 Å². The van der Waals surface area contributed by atoms with Crippen LogP contribution in [-0.2, 0) is 0 Å². The maximum Gasteiger partial charge on any atom is 0.275 e. The number of hydrogen-bond donors (Lipinski definition) is 2. The highest BCUT2D eigenvalue weighted by Crippen LogP contribution is 2.41. The highest BCUT2D eigenvalue weighted by molar-refractivity contribution is 9.11. The standard InChI is InChI=1S/C23H24Br2ClN3O2/c1-5-6-29-20-10-19(26)14(7-16(20)13(2)11-23(29,3)4)12-27-28-22(31)17-8-15(24)9-18(25)21(17)30/h7-12,30H,5-6H2,1-4H3,(H,28,31)/b27-12-. The van der Waals surface area contributed by atoms with E-state index in [0.29, 0.717) is 19.5 Å². The lowest BCUT2D eigenvalue weighted by atomic mass is 9.88. The molecule has 0 aliphatic carbocycles. The fourth-order valence-corrected chi connectivity index (χ4v) is 5.24. The third kappa shape index (κ3) is 4.99. The van der Waals surface area contributed by atoms with Crippen LogP contribution in [0.25, 0.3) is 5.57 Å². The first-order chi connectivity index (χ1) is 14.5. The molecule has 0 saturated carbocycles. The monoisotopic (exact) mass is 567 g/mol. The quantitative estimate of drug-likeness (QED) is 0.309. The first-order valence-electron chi connectivity index (χ1n) is 9.87. The summed E-state index contributed by atoms with van der Waals surface area (Å²) >= 11 is 13.1. The van der Waals surface area contributed by atoms with E-state index in [-0.39, 0.29) is 16.9 Å². The molecule has 2 aromatic carbocycles. The molecule has 0 unspecified atom stereocenters. The van der Waals surface area contributed by atoms with E-state index >= 15 is 0 Å². The maximum absolute atomic E-state index is 12.4. The van der Waals surface area contributed by atoms with Gasteiger partial charge in [0, 0.05) is 27.8 Å². The first-order valence-corrected chi connectivity index (χ1v) is 11.8. The van der Waals surface area contributed by atoms with Gasteiger partial charge in [-0.25, -0.2) is 5.43 Å². The lowest BCUT2D eigenvalue weighted by molar-refractivity contribution is 0.0952. The number of benzene rings is 2. The lowest BCUT2D eigenvalue weighted by Gasteiger charge is -2.43. The topological polar surface area (TPSA) is 64.9 Å². The molecule has 31 heavy (non-hydrogen) atoms. The van der Waals surface area contributed by atoms with Gasteiger partial charge in [0.1, 0.15) is 5.75 Å². The molecule has 1 aliphatic rings. The summed E-state index contributed by atoms with van der Waals surface area (Å²) in [5.41, 5.74) is 6.52. The summed E-state index contributed by atoms with van der Waals surface area (Å²) in [6.45, 7) is 9.57. The number of hydrazone groups is 1. The average Bonchev–Trinajstić information content (AvgIpc) is 2.68. The molecular formula is C23H24Br2ClN3O2. The number of fused-ring (bicyclic) bond motifs is 1. The number of carbonyl (C=O) groups is 1. The molecular weight excluding hydrogens is 546 g/mol. The van der Waals surface area contributed by atoms with Crippen LogP contribution in [0.5, 0.6) is 5.75 Å². The van der Waals surface area contributed by atoms with Gasteiger partial charge in [0.05, 0.1) is 26.8 Å². The number of hydrogen-bond acceptors (Lipinski definition) is 4. The number of phenols is 1. The molecule has 0 bridgehead atoms. The van der Waals surface area contributed by atoms with E-state index in [9.17, 15) is 9.90 Å². The van der Waals surface area contributed by atoms with E-state index in [1.165, 1.54) is 17.9 Å². The Bertz CT molecular complexity index is 1100. The predicted molar refractivity (Wildman–Crippen MR) is 135 cm³/mol. The van der Waals surface area contributed by atoms with Gasteiger partial charge in [0.15, 0.2) is 0 Å². The summed E-state index contributed by atoms with van der Waals surface area (Å²) in [5, 5.41) is 14.7. The molecule has 0 aromatic heterocycles. The van der Waals surface area contributed by atoms with Gasteiger partial charge in [-0.1, -0.05) is 40.5 Å². The average molecular weight is 570 g/mol. The number of aromatic hydroxyl groups is 1. The second kappa shape index (κ2) is 9.35. The second-order valence-corrected chi connectivity index (χ2v) is 10.2. The number of anilines is 1. The number of phenolic OH excluding ortho intramolecular Hbond substituents is 1. The van der Waals surface area contributed by atoms with Crippen LogP contribution in [0.2, 0.25) is 5.02 Å². The lowest BCUT2D eigenvalue weighted by Crippen LogP contribution is -2.45. The Labute approximate surface area is 204 Å². The summed E-state index contributed by atoms with van der Waals surface area (Å²) in [6.07, 6.45) is 4.80. The number of nitrogens with zero attached hydrogens (tertiary/aromatic N) is 2. The van der Waals surface area contributed by atoms with Crippen LogP contribution in [0.15, 0.2) is 44.4 Å². The Morgan fingerprint density at radius 3 is 2.68 bits per heavy atom. The number of amides is 1. The molecule has 0 saturated heterocycles. The summed E-state index contributed by atoms with van der Waals surface area (Å²) in [4.78, 5) is 14.8. The molecule has 8 heteroatoms. The normalized spacial score (nSPS) is 15.1. The summed E-state index contributed by atoms with van der Waals surface area (Å²) in [6, 6.07) is 7.13.